The number of amides is 1. The zero-order valence-corrected chi connectivity index (χ0v) is 11.8. The minimum Gasteiger partial charge on any atom is -0.377 e. The molecule has 2 rings (SSSR count). The number of benzene rings is 1. The largest absolute Gasteiger partial charge is 0.377 e. The SMILES string of the molecule is CCOC1CCCN(C(=O)C(C#N)c2ccccc2)C1. The molecule has 106 valence electrons. The molecule has 1 amide bonds. The van der Waals surface area contributed by atoms with E-state index < -0.39 is 5.92 Å². The average Bonchev–Trinajstić information content (AvgIpc) is 2.50. The zero-order valence-electron chi connectivity index (χ0n) is 11.8. The molecule has 1 fully saturated rings. The topological polar surface area (TPSA) is 53.3 Å². The van der Waals surface area contributed by atoms with E-state index in [9.17, 15) is 10.1 Å². The number of nitriles is 1. The van der Waals surface area contributed by atoms with E-state index in [4.69, 9.17) is 4.74 Å². The Labute approximate surface area is 120 Å². The van der Waals surface area contributed by atoms with E-state index in [0.29, 0.717) is 19.7 Å². The molecule has 1 heterocycles. The molecule has 0 saturated carbocycles. The first-order valence-electron chi connectivity index (χ1n) is 7.11. The lowest BCUT2D eigenvalue weighted by molar-refractivity contribution is -0.135. The monoisotopic (exact) mass is 272 g/mol. The molecule has 0 aliphatic carbocycles. The summed E-state index contributed by atoms with van der Waals surface area (Å²) in [7, 11) is 0. The summed E-state index contributed by atoms with van der Waals surface area (Å²) in [6.45, 7) is 3.93. The fourth-order valence-electron chi connectivity index (χ4n) is 2.61. The normalized spacial score (nSPS) is 20.2. The van der Waals surface area contributed by atoms with Crippen molar-refractivity contribution < 1.29 is 9.53 Å². The van der Waals surface area contributed by atoms with Crippen LogP contribution in [0.15, 0.2) is 30.3 Å². The first kappa shape index (κ1) is 14.5. The standard InChI is InChI=1S/C16H20N2O2/c1-2-20-14-9-6-10-18(12-14)16(19)15(11-17)13-7-4-3-5-8-13/h3-5,7-8,14-15H,2,6,9-10,12H2,1H3. The van der Waals surface area contributed by atoms with Crippen LogP contribution in [0.3, 0.4) is 0 Å². The van der Waals surface area contributed by atoms with Crippen molar-refractivity contribution in [1.29, 1.82) is 5.26 Å². The van der Waals surface area contributed by atoms with Gasteiger partial charge in [0.25, 0.3) is 0 Å². The fraction of sp³-hybridized carbons (Fsp3) is 0.500. The Morgan fingerprint density at radius 2 is 2.25 bits per heavy atom. The Balaban J connectivity index is 2.07. The Kier molecular flexibility index (Phi) is 5.14. The van der Waals surface area contributed by atoms with Crippen molar-refractivity contribution in [3.05, 3.63) is 35.9 Å². The number of carbonyl (C=O) groups excluding carboxylic acids is 1. The molecular weight excluding hydrogens is 252 g/mol. The summed E-state index contributed by atoms with van der Waals surface area (Å²) in [5.74, 6) is -0.820. The van der Waals surface area contributed by atoms with Gasteiger partial charge in [-0.15, -0.1) is 0 Å². The summed E-state index contributed by atoms with van der Waals surface area (Å²) >= 11 is 0. The lowest BCUT2D eigenvalue weighted by Crippen LogP contribution is -2.45. The quantitative estimate of drug-likeness (QED) is 0.845. The van der Waals surface area contributed by atoms with Crippen molar-refractivity contribution in [3.8, 4) is 6.07 Å². The van der Waals surface area contributed by atoms with Gasteiger partial charge in [-0.05, 0) is 25.3 Å². The molecule has 0 N–H and O–H groups in total. The van der Waals surface area contributed by atoms with Crippen molar-refractivity contribution in [2.45, 2.75) is 31.8 Å². The van der Waals surface area contributed by atoms with Crippen LogP contribution in [0.5, 0.6) is 0 Å². The van der Waals surface area contributed by atoms with Crippen molar-refractivity contribution >= 4 is 5.91 Å². The molecule has 0 bridgehead atoms. The first-order chi connectivity index (χ1) is 9.76. The van der Waals surface area contributed by atoms with Crippen LogP contribution in [-0.2, 0) is 9.53 Å². The number of ether oxygens (including phenoxy) is 1. The summed E-state index contributed by atoms with van der Waals surface area (Å²) in [5.41, 5.74) is 0.763. The number of hydrogen-bond acceptors (Lipinski definition) is 3. The highest BCUT2D eigenvalue weighted by molar-refractivity contribution is 5.86. The van der Waals surface area contributed by atoms with Gasteiger partial charge in [0.2, 0.25) is 5.91 Å². The minimum absolute atomic E-state index is 0.104. The maximum Gasteiger partial charge on any atom is 0.244 e. The second-order valence-corrected chi connectivity index (χ2v) is 4.98. The minimum atomic E-state index is -0.712. The Morgan fingerprint density at radius 1 is 1.50 bits per heavy atom. The van der Waals surface area contributed by atoms with Crippen LogP contribution in [0.4, 0.5) is 0 Å². The molecule has 0 aromatic heterocycles. The Hall–Kier alpha value is -1.86. The molecule has 4 heteroatoms. The highest BCUT2D eigenvalue weighted by Crippen LogP contribution is 2.21. The predicted molar refractivity (Wildman–Crippen MR) is 76.0 cm³/mol. The maximum atomic E-state index is 12.5. The summed E-state index contributed by atoms with van der Waals surface area (Å²) in [6, 6.07) is 11.4. The molecule has 2 unspecified atom stereocenters. The highest BCUT2D eigenvalue weighted by Gasteiger charge is 2.29. The molecule has 2 atom stereocenters. The Bertz CT molecular complexity index is 479. The van der Waals surface area contributed by atoms with Crippen molar-refractivity contribution in [2.24, 2.45) is 0 Å². The lowest BCUT2D eigenvalue weighted by Gasteiger charge is -2.33. The van der Waals surface area contributed by atoms with E-state index in [1.54, 1.807) is 4.90 Å². The van der Waals surface area contributed by atoms with Crippen LogP contribution >= 0.6 is 0 Å². The number of piperidine rings is 1. The van der Waals surface area contributed by atoms with Crippen LogP contribution in [-0.4, -0.2) is 36.6 Å². The van der Waals surface area contributed by atoms with Gasteiger partial charge in [-0.3, -0.25) is 4.79 Å². The summed E-state index contributed by atoms with van der Waals surface area (Å²) in [6.07, 6.45) is 2.02. The van der Waals surface area contributed by atoms with Gasteiger partial charge in [0.1, 0.15) is 5.92 Å². The van der Waals surface area contributed by atoms with Gasteiger partial charge >= 0.3 is 0 Å². The number of nitrogens with zero attached hydrogens (tertiary/aromatic N) is 2. The number of rotatable bonds is 4. The van der Waals surface area contributed by atoms with E-state index in [-0.39, 0.29) is 12.0 Å². The van der Waals surface area contributed by atoms with Gasteiger partial charge in [0, 0.05) is 19.7 Å². The van der Waals surface area contributed by atoms with Gasteiger partial charge < -0.3 is 9.64 Å². The van der Waals surface area contributed by atoms with Crippen molar-refractivity contribution in [1.82, 2.24) is 4.90 Å². The highest BCUT2D eigenvalue weighted by atomic mass is 16.5. The average molecular weight is 272 g/mol. The van der Waals surface area contributed by atoms with Crippen molar-refractivity contribution in [3.63, 3.8) is 0 Å². The van der Waals surface area contributed by atoms with E-state index in [0.717, 1.165) is 18.4 Å². The molecule has 0 spiro atoms. The number of likely N-dealkylation sites (tertiary alicyclic amines) is 1. The zero-order chi connectivity index (χ0) is 14.4. The summed E-state index contributed by atoms with van der Waals surface area (Å²) in [5, 5.41) is 9.32. The van der Waals surface area contributed by atoms with Gasteiger partial charge in [-0.1, -0.05) is 30.3 Å². The van der Waals surface area contributed by atoms with E-state index >= 15 is 0 Å². The Morgan fingerprint density at radius 3 is 2.90 bits per heavy atom. The van der Waals surface area contributed by atoms with Crippen LogP contribution in [0.1, 0.15) is 31.2 Å². The molecule has 4 nitrogen and oxygen atoms in total. The van der Waals surface area contributed by atoms with Crippen LogP contribution in [0, 0.1) is 11.3 Å². The third-order valence-corrected chi connectivity index (χ3v) is 3.60. The van der Waals surface area contributed by atoms with Gasteiger partial charge in [-0.2, -0.15) is 5.26 Å². The molecule has 1 aliphatic heterocycles. The van der Waals surface area contributed by atoms with Crippen LogP contribution in [0.25, 0.3) is 0 Å². The fourth-order valence-corrected chi connectivity index (χ4v) is 2.61. The number of carbonyl (C=O) groups is 1. The first-order valence-corrected chi connectivity index (χ1v) is 7.11. The molecule has 1 aliphatic rings. The van der Waals surface area contributed by atoms with Gasteiger partial charge in [0.05, 0.1) is 12.2 Å². The second kappa shape index (κ2) is 7.06. The molecule has 1 aromatic carbocycles. The van der Waals surface area contributed by atoms with Crippen molar-refractivity contribution in [2.75, 3.05) is 19.7 Å². The lowest BCUT2D eigenvalue weighted by atomic mass is 9.97. The maximum absolute atomic E-state index is 12.5. The van der Waals surface area contributed by atoms with Gasteiger partial charge in [0.15, 0.2) is 0 Å². The molecular formula is C16H20N2O2. The molecule has 0 radical (unpaired) electrons. The predicted octanol–water partition coefficient (Wildman–Crippen LogP) is 2.32. The van der Waals surface area contributed by atoms with E-state index in [1.807, 2.05) is 37.3 Å². The second-order valence-electron chi connectivity index (χ2n) is 4.98. The molecule has 1 saturated heterocycles. The van der Waals surface area contributed by atoms with E-state index in [1.165, 1.54) is 0 Å². The van der Waals surface area contributed by atoms with Crippen LogP contribution < -0.4 is 0 Å². The van der Waals surface area contributed by atoms with Gasteiger partial charge in [-0.25, -0.2) is 0 Å². The summed E-state index contributed by atoms with van der Waals surface area (Å²) in [4.78, 5) is 14.3. The smallest absolute Gasteiger partial charge is 0.244 e. The summed E-state index contributed by atoms with van der Waals surface area (Å²) < 4.78 is 5.61. The third kappa shape index (κ3) is 3.37. The molecule has 1 aromatic rings. The number of hydrogen-bond donors (Lipinski definition) is 0. The third-order valence-electron chi connectivity index (χ3n) is 3.60. The van der Waals surface area contributed by atoms with E-state index in [2.05, 4.69) is 6.07 Å². The van der Waals surface area contributed by atoms with Crippen LogP contribution in [0.2, 0.25) is 0 Å². The molecule has 20 heavy (non-hydrogen) atoms.